The second-order valence-electron chi connectivity index (χ2n) is 6.04. The van der Waals surface area contributed by atoms with Gasteiger partial charge in [-0.25, -0.2) is 4.68 Å². The van der Waals surface area contributed by atoms with Gasteiger partial charge >= 0.3 is 0 Å². The van der Waals surface area contributed by atoms with Crippen LogP contribution in [0.3, 0.4) is 0 Å². The molecule has 0 saturated carbocycles. The quantitative estimate of drug-likeness (QED) is 0.505. The van der Waals surface area contributed by atoms with Crippen LogP contribution in [-0.2, 0) is 0 Å². The van der Waals surface area contributed by atoms with Crippen LogP contribution in [0.25, 0.3) is 16.9 Å². The minimum absolute atomic E-state index is 0.197. The van der Waals surface area contributed by atoms with Crippen LogP contribution in [0.5, 0.6) is 0 Å². The lowest BCUT2D eigenvalue weighted by molar-refractivity contribution is 0.102. The van der Waals surface area contributed by atoms with Gasteiger partial charge in [0.25, 0.3) is 5.91 Å². The van der Waals surface area contributed by atoms with Gasteiger partial charge < -0.3 is 5.32 Å². The first-order valence-electron chi connectivity index (χ1n) is 8.33. The molecule has 2 aromatic carbocycles. The molecule has 134 valence electrons. The maximum atomic E-state index is 12.7. The van der Waals surface area contributed by atoms with Gasteiger partial charge in [0.15, 0.2) is 0 Å². The second kappa shape index (κ2) is 7.20. The van der Waals surface area contributed by atoms with Crippen LogP contribution in [0.4, 0.5) is 5.69 Å². The minimum atomic E-state index is -0.197. The summed E-state index contributed by atoms with van der Waals surface area (Å²) < 4.78 is 2.74. The molecule has 0 aliphatic heterocycles. The predicted octanol–water partition coefficient (Wildman–Crippen LogP) is 4.59. The van der Waals surface area contributed by atoms with Gasteiger partial charge in [0.05, 0.1) is 28.8 Å². The van der Waals surface area contributed by atoms with Gasteiger partial charge in [-0.05, 0) is 49.4 Å². The summed E-state index contributed by atoms with van der Waals surface area (Å²) in [4.78, 5) is 12.7. The molecule has 0 aliphatic rings. The van der Waals surface area contributed by atoms with E-state index in [0.717, 1.165) is 27.1 Å². The highest BCUT2D eigenvalue weighted by Crippen LogP contribution is 2.22. The van der Waals surface area contributed by atoms with Gasteiger partial charge in [-0.15, -0.1) is 0 Å². The predicted molar refractivity (Wildman–Crippen MR) is 108 cm³/mol. The number of aromatic nitrogens is 4. The number of nitrogens with zero attached hydrogens (tertiary/aromatic N) is 3. The molecule has 0 radical (unpaired) electrons. The Morgan fingerprint density at radius 1 is 1.15 bits per heavy atom. The molecule has 0 spiro atoms. The van der Waals surface area contributed by atoms with Crippen molar-refractivity contribution in [1.29, 1.82) is 0 Å². The number of amides is 1. The number of hydrogen-bond acceptors (Lipinski definition) is 3. The average molecular weight is 422 g/mol. The van der Waals surface area contributed by atoms with Crippen molar-refractivity contribution in [3.8, 4) is 16.9 Å². The van der Waals surface area contributed by atoms with E-state index in [9.17, 15) is 4.79 Å². The molecular formula is C20H16BrN5O. The van der Waals surface area contributed by atoms with Crippen molar-refractivity contribution >= 4 is 27.5 Å². The molecule has 0 unspecified atom stereocenters. The number of halogens is 1. The summed E-state index contributed by atoms with van der Waals surface area (Å²) in [5.41, 5.74) is 4.77. The topological polar surface area (TPSA) is 75.6 Å². The monoisotopic (exact) mass is 421 g/mol. The summed E-state index contributed by atoms with van der Waals surface area (Å²) in [6, 6.07) is 17.3. The van der Waals surface area contributed by atoms with Gasteiger partial charge in [-0.1, -0.05) is 28.1 Å². The van der Waals surface area contributed by atoms with E-state index in [-0.39, 0.29) is 5.91 Å². The lowest BCUT2D eigenvalue weighted by Crippen LogP contribution is -2.13. The molecule has 2 N–H and O–H groups in total. The third-order valence-electron chi connectivity index (χ3n) is 4.26. The third kappa shape index (κ3) is 3.54. The van der Waals surface area contributed by atoms with Gasteiger partial charge in [-0.3, -0.25) is 9.89 Å². The molecule has 4 rings (SSSR count). The Morgan fingerprint density at radius 2 is 1.96 bits per heavy atom. The highest BCUT2D eigenvalue weighted by molar-refractivity contribution is 9.10. The summed E-state index contributed by atoms with van der Waals surface area (Å²) in [6.45, 7) is 1.88. The molecule has 0 aliphatic carbocycles. The standard InChI is InChI=1S/C20H16BrN5O/c1-13-18(12-23-26(13)17-7-5-15(21)6-8-17)20(27)24-16-4-2-3-14(11-16)19-9-10-22-25-19/h2-12H,1H3,(H,22,25)(H,24,27). The molecule has 0 saturated heterocycles. The Labute approximate surface area is 164 Å². The molecule has 2 heterocycles. The number of carbonyl (C=O) groups excluding carboxylic acids is 1. The second-order valence-corrected chi connectivity index (χ2v) is 6.95. The van der Waals surface area contributed by atoms with Crippen molar-refractivity contribution in [1.82, 2.24) is 20.0 Å². The van der Waals surface area contributed by atoms with Crippen LogP contribution < -0.4 is 5.32 Å². The smallest absolute Gasteiger partial charge is 0.259 e. The van der Waals surface area contributed by atoms with Crippen molar-refractivity contribution < 1.29 is 4.79 Å². The molecule has 27 heavy (non-hydrogen) atoms. The first-order valence-corrected chi connectivity index (χ1v) is 9.13. The zero-order chi connectivity index (χ0) is 18.8. The molecule has 7 heteroatoms. The average Bonchev–Trinajstić information content (AvgIpc) is 3.33. The van der Waals surface area contributed by atoms with Crippen LogP contribution >= 0.6 is 15.9 Å². The SMILES string of the molecule is Cc1c(C(=O)Nc2cccc(-c3ccn[nH]3)c2)cnn1-c1ccc(Br)cc1. The van der Waals surface area contributed by atoms with E-state index in [2.05, 4.69) is 36.5 Å². The summed E-state index contributed by atoms with van der Waals surface area (Å²) in [5, 5.41) is 14.2. The number of anilines is 1. The highest BCUT2D eigenvalue weighted by Gasteiger charge is 2.15. The zero-order valence-electron chi connectivity index (χ0n) is 14.5. The number of nitrogens with one attached hydrogen (secondary N) is 2. The van der Waals surface area contributed by atoms with E-state index in [1.165, 1.54) is 0 Å². The summed E-state index contributed by atoms with van der Waals surface area (Å²) in [5.74, 6) is -0.197. The number of hydrogen-bond donors (Lipinski definition) is 2. The summed E-state index contributed by atoms with van der Waals surface area (Å²) >= 11 is 3.42. The normalized spacial score (nSPS) is 10.7. The first-order chi connectivity index (χ1) is 13.1. The maximum absolute atomic E-state index is 12.7. The van der Waals surface area contributed by atoms with Crippen LogP contribution in [0.1, 0.15) is 16.1 Å². The van der Waals surface area contributed by atoms with E-state index < -0.39 is 0 Å². The molecule has 1 amide bonds. The van der Waals surface area contributed by atoms with E-state index >= 15 is 0 Å². The van der Waals surface area contributed by atoms with Crippen LogP contribution in [0.2, 0.25) is 0 Å². The van der Waals surface area contributed by atoms with E-state index in [1.807, 2.05) is 61.5 Å². The molecule has 4 aromatic rings. The molecule has 6 nitrogen and oxygen atoms in total. The van der Waals surface area contributed by atoms with Crippen molar-refractivity contribution in [3.63, 3.8) is 0 Å². The number of H-pyrrole nitrogens is 1. The molecular weight excluding hydrogens is 406 g/mol. The van der Waals surface area contributed by atoms with Crippen molar-refractivity contribution in [3.05, 3.63) is 82.7 Å². The first kappa shape index (κ1) is 17.2. The largest absolute Gasteiger partial charge is 0.322 e. The lowest BCUT2D eigenvalue weighted by atomic mass is 10.1. The van der Waals surface area contributed by atoms with Crippen LogP contribution in [0, 0.1) is 6.92 Å². The molecule has 2 aromatic heterocycles. The van der Waals surface area contributed by atoms with Crippen molar-refractivity contribution in [2.45, 2.75) is 6.92 Å². The summed E-state index contributed by atoms with van der Waals surface area (Å²) in [7, 11) is 0. The van der Waals surface area contributed by atoms with Crippen LogP contribution in [0.15, 0.2) is 71.5 Å². The third-order valence-corrected chi connectivity index (χ3v) is 4.79. The number of rotatable bonds is 4. The van der Waals surface area contributed by atoms with Gasteiger partial charge in [0.2, 0.25) is 0 Å². The zero-order valence-corrected chi connectivity index (χ0v) is 16.1. The fraction of sp³-hybridized carbons (Fsp3) is 0.0500. The van der Waals surface area contributed by atoms with E-state index in [1.54, 1.807) is 17.1 Å². The Balaban J connectivity index is 1.57. The molecule has 0 fully saturated rings. The Bertz CT molecular complexity index is 1080. The molecule has 0 atom stereocenters. The fourth-order valence-electron chi connectivity index (χ4n) is 2.85. The van der Waals surface area contributed by atoms with Crippen molar-refractivity contribution in [2.24, 2.45) is 0 Å². The maximum Gasteiger partial charge on any atom is 0.259 e. The lowest BCUT2D eigenvalue weighted by Gasteiger charge is -2.08. The number of carbonyl (C=O) groups is 1. The Hall–Kier alpha value is -3.19. The van der Waals surface area contributed by atoms with E-state index in [0.29, 0.717) is 11.3 Å². The summed E-state index contributed by atoms with van der Waals surface area (Å²) in [6.07, 6.45) is 3.28. The molecule has 0 bridgehead atoms. The Morgan fingerprint density at radius 3 is 2.70 bits per heavy atom. The van der Waals surface area contributed by atoms with Crippen LogP contribution in [-0.4, -0.2) is 25.9 Å². The van der Waals surface area contributed by atoms with Gasteiger partial charge in [0, 0.05) is 21.9 Å². The number of benzene rings is 2. The fourth-order valence-corrected chi connectivity index (χ4v) is 3.12. The van der Waals surface area contributed by atoms with Gasteiger partial charge in [0.1, 0.15) is 0 Å². The number of aromatic amines is 1. The Kier molecular flexibility index (Phi) is 4.60. The minimum Gasteiger partial charge on any atom is -0.322 e. The van der Waals surface area contributed by atoms with Gasteiger partial charge in [-0.2, -0.15) is 10.2 Å². The van der Waals surface area contributed by atoms with E-state index in [4.69, 9.17) is 0 Å². The highest BCUT2D eigenvalue weighted by atomic mass is 79.9. The van der Waals surface area contributed by atoms with Crippen molar-refractivity contribution in [2.75, 3.05) is 5.32 Å².